The Labute approximate surface area is 122 Å². The Kier molecular flexibility index (Phi) is 4.82. The number of nitrogens with zero attached hydrogens (tertiary/aromatic N) is 2. The minimum absolute atomic E-state index is 0.493. The van der Waals surface area contributed by atoms with Crippen LogP contribution in [0.25, 0.3) is 0 Å². The molecule has 0 amide bonds. The van der Waals surface area contributed by atoms with Gasteiger partial charge in [0.15, 0.2) is 0 Å². The van der Waals surface area contributed by atoms with Crippen LogP contribution in [0.2, 0.25) is 10.0 Å². The van der Waals surface area contributed by atoms with Gasteiger partial charge in [-0.25, -0.2) is 4.98 Å². The average Bonchev–Trinajstić information content (AvgIpc) is 2.41. The SMILES string of the molecule is CCCNc1ccnc(Nc2ccc(Cl)c(Cl)c2)n1. The predicted molar refractivity (Wildman–Crippen MR) is 80.6 cm³/mol. The second-order valence-electron chi connectivity index (χ2n) is 3.95. The average molecular weight is 297 g/mol. The maximum absolute atomic E-state index is 5.95. The van der Waals surface area contributed by atoms with Crippen molar-refractivity contribution in [3.05, 3.63) is 40.5 Å². The van der Waals surface area contributed by atoms with Gasteiger partial charge in [0.1, 0.15) is 5.82 Å². The van der Waals surface area contributed by atoms with E-state index in [1.807, 2.05) is 12.1 Å². The van der Waals surface area contributed by atoms with Crippen LogP contribution in [0.1, 0.15) is 13.3 Å². The molecule has 4 nitrogen and oxygen atoms in total. The number of halogens is 2. The molecule has 0 saturated carbocycles. The van der Waals surface area contributed by atoms with Crippen LogP contribution >= 0.6 is 23.2 Å². The molecule has 1 aromatic heterocycles. The molecule has 0 atom stereocenters. The van der Waals surface area contributed by atoms with E-state index in [0.29, 0.717) is 16.0 Å². The van der Waals surface area contributed by atoms with E-state index in [1.165, 1.54) is 0 Å². The van der Waals surface area contributed by atoms with Gasteiger partial charge < -0.3 is 10.6 Å². The molecule has 1 heterocycles. The van der Waals surface area contributed by atoms with Gasteiger partial charge in [0.25, 0.3) is 0 Å². The molecule has 100 valence electrons. The number of aromatic nitrogens is 2. The highest BCUT2D eigenvalue weighted by atomic mass is 35.5. The maximum Gasteiger partial charge on any atom is 0.229 e. The zero-order chi connectivity index (χ0) is 13.7. The number of anilines is 3. The number of benzene rings is 1. The smallest absolute Gasteiger partial charge is 0.229 e. The van der Waals surface area contributed by atoms with E-state index in [4.69, 9.17) is 23.2 Å². The van der Waals surface area contributed by atoms with E-state index in [-0.39, 0.29) is 0 Å². The van der Waals surface area contributed by atoms with Crippen molar-refractivity contribution in [2.75, 3.05) is 17.2 Å². The Morgan fingerprint density at radius 3 is 2.74 bits per heavy atom. The quantitative estimate of drug-likeness (QED) is 0.861. The van der Waals surface area contributed by atoms with Crippen molar-refractivity contribution in [2.45, 2.75) is 13.3 Å². The third-order valence-corrected chi connectivity index (χ3v) is 3.13. The zero-order valence-electron chi connectivity index (χ0n) is 10.5. The molecular weight excluding hydrogens is 283 g/mol. The van der Waals surface area contributed by atoms with Crippen molar-refractivity contribution in [1.82, 2.24) is 9.97 Å². The summed E-state index contributed by atoms with van der Waals surface area (Å²) in [5.74, 6) is 1.30. The van der Waals surface area contributed by atoms with Crippen molar-refractivity contribution in [3.63, 3.8) is 0 Å². The molecule has 0 radical (unpaired) electrons. The van der Waals surface area contributed by atoms with Crippen LogP contribution in [-0.4, -0.2) is 16.5 Å². The fourth-order valence-electron chi connectivity index (χ4n) is 1.47. The Balaban J connectivity index is 2.11. The molecule has 0 fully saturated rings. The van der Waals surface area contributed by atoms with Crippen molar-refractivity contribution in [3.8, 4) is 0 Å². The van der Waals surface area contributed by atoms with E-state index in [9.17, 15) is 0 Å². The first kappa shape index (κ1) is 13.9. The fraction of sp³-hybridized carbons (Fsp3) is 0.231. The van der Waals surface area contributed by atoms with E-state index in [1.54, 1.807) is 18.3 Å². The number of hydrogen-bond donors (Lipinski definition) is 2. The van der Waals surface area contributed by atoms with Gasteiger partial charge in [0, 0.05) is 18.4 Å². The predicted octanol–water partition coefficient (Wildman–Crippen LogP) is 4.35. The van der Waals surface area contributed by atoms with Gasteiger partial charge >= 0.3 is 0 Å². The fourth-order valence-corrected chi connectivity index (χ4v) is 1.77. The molecule has 0 aliphatic rings. The molecule has 19 heavy (non-hydrogen) atoms. The summed E-state index contributed by atoms with van der Waals surface area (Å²) in [7, 11) is 0. The lowest BCUT2D eigenvalue weighted by molar-refractivity contribution is 0.966. The molecule has 0 bridgehead atoms. The summed E-state index contributed by atoms with van der Waals surface area (Å²) in [5, 5.41) is 7.30. The van der Waals surface area contributed by atoms with Gasteiger partial charge in [0.05, 0.1) is 10.0 Å². The number of nitrogens with one attached hydrogen (secondary N) is 2. The molecule has 0 aliphatic carbocycles. The summed E-state index contributed by atoms with van der Waals surface area (Å²) in [6.45, 7) is 2.98. The van der Waals surface area contributed by atoms with E-state index in [2.05, 4.69) is 27.5 Å². The molecule has 0 aliphatic heterocycles. The second kappa shape index (κ2) is 6.59. The molecule has 0 unspecified atom stereocenters. The van der Waals surface area contributed by atoms with Crippen LogP contribution < -0.4 is 10.6 Å². The highest BCUT2D eigenvalue weighted by Crippen LogP contribution is 2.26. The lowest BCUT2D eigenvalue weighted by atomic mass is 10.3. The summed E-state index contributed by atoms with van der Waals surface area (Å²) in [6, 6.07) is 7.12. The topological polar surface area (TPSA) is 49.8 Å². The third kappa shape index (κ3) is 3.98. The lowest BCUT2D eigenvalue weighted by Gasteiger charge is -2.08. The molecule has 2 aromatic rings. The third-order valence-electron chi connectivity index (χ3n) is 2.39. The van der Waals surface area contributed by atoms with Crippen LogP contribution in [0, 0.1) is 0 Å². The Hall–Kier alpha value is -1.52. The van der Waals surface area contributed by atoms with Crippen molar-refractivity contribution >= 4 is 40.7 Å². The zero-order valence-corrected chi connectivity index (χ0v) is 12.0. The van der Waals surface area contributed by atoms with Crippen molar-refractivity contribution in [1.29, 1.82) is 0 Å². The molecule has 2 N–H and O–H groups in total. The van der Waals surface area contributed by atoms with Crippen LogP contribution in [0.4, 0.5) is 17.5 Å². The van der Waals surface area contributed by atoms with Crippen LogP contribution in [0.15, 0.2) is 30.5 Å². The van der Waals surface area contributed by atoms with Gasteiger partial charge in [0.2, 0.25) is 5.95 Å². The monoisotopic (exact) mass is 296 g/mol. The van der Waals surface area contributed by atoms with Crippen molar-refractivity contribution < 1.29 is 0 Å². The standard InChI is InChI=1S/C13H14Cl2N4/c1-2-6-16-12-5-7-17-13(19-12)18-9-3-4-10(14)11(15)8-9/h3-5,7-8H,2,6H2,1H3,(H2,16,17,18,19). The summed E-state index contributed by atoms with van der Waals surface area (Å²) in [5.41, 5.74) is 0.794. The Morgan fingerprint density at radius 2 is 2.00 bits per heavy atom. The van der Waals surface area contributed by atoms with Crippen LogP contribution in [-0.2, 0) is 0 Å². The maximum atomic E-state index is 5.95. The van der Waals surface area contributed by atoms with Gasteiger partial charge in [-0.1, -0.05) is 30.1 Å². The van der Waals surface area contributed by atoms with Crippen LogP contribution in [0.3, 0.4) is 0 Å². The molecule has 2 rings (SSSR count). The molecule has 0 spiro atoms. The largest absolute Gasteiger partial charge is 0.370 e. The highest BCUT2D eigenvalue weighted by Gasteiger charge is 2.02. The lowest BCUT2D eigenvalue weighted by Crippen LogP contribution is -2.04. The second-order valence-corrected chi connectivity index (χ2v) is 4.76. The van der Waals surface area contributed by atoms with E-state index >= 15 is 0 Å². The highest BCUT2D eigenvalue weighted by molar-refractivity contribution is 6.42. The van der Waals surface area contributed by atoms with Gasteiger partial charge in [-0.2, -0.15) is 4.98 Å². The van der Waals surface area contributed by atoms with E-state index in [0.717, 1.165) is 24.5 Å². The minimum atomic E-state index is 0.493. The molecule has 0 saturated heterocycles. The van der Waals surface area contributed by atoms with Gasteiger partial charge in [-0.15, -0.1) is 0 Å². The molecular formula is C13H14Cl2N4. The van der Waals surface area contributed by atoms with Crippen molar-refractivity contribution in [2.24, 2.45) is 0 Å². The van der Waals surface area contributed by atoms with E-state index < -0.39 is 0 Å². The Morgan fingerprint density at radius 1 is 1.16 bits per heavy atom. The first-order valence-corrected chi connectivity index (χ1v) is 6.73. The summed E-state index contributed by atoms with van der Waals surface area (Å²) < 4.78 is 0. The first-order valence-electron chi connectivity index (χ1n) is 5.98. The normalized spacial score (nSPS) is 10.3. The number of rotatable bonds is 5. The Bertz CT molecular complexity index is 560. The summed E-state index contributed by atoms with van der Waals surface area (Å²) in [6.07, 6.45) is 2.74. The minimum Gasteiger partial charge on any atom is -0.370 e. The molecule has 1 aromatic carbocycles. The van der Waals surface area contributed by atoms with Gasteiger partial charge in [-0.05, 0) is 30.7 Å². The molecule has 6 heteroatoms. The first-order chi connectivity index (χ1) is 9.19. The van der Waals surface area contributed by atoms with Gasteiger partial charge in [-0.3, -0.25) is 0 Å². The summed E-state index contributed by atoms with van der Waals surface area (Å²) in [4.78, 5) is 8.50. The number of hydrogen-bond acceptors (Lipinski definition) is 4. The summed E-state index contributed by atoms with van der Waals surface area (Å²) >= 11 is 11.8. The van der Waals surface area contributed by atoms with Crippen LogP contribution in [0.5, 0.6) is 0 Å².